The van der Waals surface area contributed by atoms with E-state index in [-0.39, 0.29) is 28.1 Å². The fourth-order valence-electron chi connectivity index (χ4n) is 2.39. The number of halogens is 1. The van der Waals surface area contributed by atoms with Gasteiger partial charge in [0.25, 0.3) is 15.9 Å². The van der Waals surface area contributed by atoms with Gasteiger partial charge in [0.1, 0.15) is 5.82 Å². The maximum atomic E-state index is 13.0. The van der Waals surface area contributed by atoms with Crippen molar-refractivity contribution in [2.75, 3.05) is 4.72 Å². The maximum Gasteiger partial charge on any atom is 0.261 e. The number of para-hydroxylation sites is 1. The Kier molecular flexibility index (Phi) is 6.14. The zero-order valence-corrected chi connectivity index (χ0v) is 14.9. The minimum absolute atomic E-state index is 0.0146. The molecule has 2 aromatic rings. The number of hydrogen-bond donors (Lipinski definition) is 2. The van der Waals surface area contributed by atoms with Crippen LogP contribution in [0, 0.1) is 5.82 Å². The lowest BCUT2D eigenvalue weighted by atomic mass is 10.1. The minimum atomic E-state index is -3.92. The van der Waals surface area contributed by atoms with E-state index in [1.165, 1.54) is 18.2 Å². The second kappa shape index (κ2) is 8.11. The number of carbonyl (C=O) groups is 1. The average molecular weight is 364 g/mol. The first-order chi connectivity index (χ1) is 11.8. The molecule has 7 heteroatoms. The molecule has 1 amide bonds. The van der Waals surface area contributed by atoms with Gasteiger partial charge in [0.05, 0.1) is 16.1 Å². The lowest BCUT2D eigenvalue weighted by Gasteiger charge is -2.16. The first-order valence-corrected chi connectivity index (χ1v) is 9.50. The third-order valence-electron chi connectivity index (χ3n) is 3.64. The molecule has 0 saturated carbocycles. The summed E-state index contributed by atoms with van der Waals surface area (Å²) in [6.07, 6.45) is 1.76. The normalized spacial score (nSPS) is 12.4. The lowest BCUT2D eigenvalue weighted by Crippen LogP contribution is -2.33. The molecule has 5 nitrogen and oxygen atoms in total. The Balaban J connectivity index is 2.25. The number of amides is 1. The van der Waals surface area contributed by atoms with Crippen LogP contribution >= 0.6 is 0 Å². The largest absolute Gasteiger partial charge is 0.350 e. The number of anilines is 1. The summed E-state index contributed by atoms with van der Waals surface area (Å²) in [4.78, 5) is 12.3. The molecule has 134 valence electrons. The van der Waals surface area contributed by atoms with E-state index in [1.54, 1.807) is 18.2 Å². The molecule has 0 aliphatic carbocycles. The van der Waals surface area contributed by atoms with Gasteiger partial charge in [-0.25, -0.2) is 12.8 Å². The fraction of sp³-hybridized carbons (Fsp3) is 0.278. The second-order valence-electron chi connectivity index (χ2n) is 5.77. The van der Waals surface area contributed by atoms with Crippen LogP contribution in [0.5, 0.6) is 0 Å². The highest BCUT2D eigenvalue weighted by molar-refractivity contribution is 7.92. The standard InChI is InChI=1S/C18H21FN2O3S/c1-3-6-13(2)20-18(22)16-7-4-5-8-17(16)21-25(23,24)15-11-9-14(19)10-12-15/h4-5,7-13,21H,3,6H2,1-2H3,(H,20,22)/t13-/m1/s1. The van der Waals surface area contributed by atoms with E-state index in [0.29, 0.717) is 0 Å². The molecule has 2 N–H and O–H groups in total. The van der Waals surface area contributed by atoms with Crippen LogP contribution < -0.4 is 10.0 Å². The Morgan fingerprint density at radius 1 is 1.12 bits per heavy atom. The summed E-state index contributed by atoms with van der Waals surface area (Å²) in [6, 6.07) is 10.8. The van der Waals surface area contributed by atoms with Crippen molar-refractivity contribution in [2.24, 2.45) is 0 Å². The van der Waals surface area contributed by atoms with E-state index in [0.717, 1.165) is 25.0 Å². The van der Waals surface area contributed by atoms with Gasteiger partial charge < -0.3 is 5.32 Å². The van der Waals surface area contributed by atoms with Crippen LogP contribution in [0.15, 0.2) is 53.4 Å². The molecule has 0 aromatic heterocycles. The van der Waals surface area contributed by atoms with Gasteiger partial charge in [-0.3, -0.25) is 9.52 Å². The molecular formula is C18H21FN2O3S. The van der Waals surface area contributed by atoms with Gasteiger partial charge in [0, 0.05) is 6.04 Å². The molecule has 25 heavy (non-hydrogen) atoms. The summed E-state index contributed by atoms with van der Waals surface area (Å²) in [5.41, 5.74) is 0.407. The highest BCUT2D eigenvalue weighted by Crippen LogP contribution is 2.20. The summed E-state index contributed by atoms with van der Waals surface area (Å²) in [7, 11) is -3.92. The molecule has 0 unspecified atom stereocenters. The SMILES string of the molecule is CCC[C@@H](C)NC(=O)c1ccccc1NS(=O)(=O)c1ccc(F)cc1. The second-order valence-corrected chi connectivity index (χ2v) is 7.45. The van der Waals surface area contributed by atoms with Crippen LogP contribution in [0.4, 0.5) is 10.1 Å². The minimum Gasteiger partial charge on any atom is -0.350 e. The summed E-state index contributed by atoms with van der Waals surface area (Å²) in [5.74, 6) is -0.873. The summed E-state index contributed by atoms with van der Waals surface area (Å²) < 4.78 is 40.3. The summed E-state index contributed by atoms with van der Waals surface area (Å²) in [5, 5.41) is 2.85. The molecule has 0 spiro atoms. The Morgan fingerprint density at radius 3 is 2.40 bits per heavy atom. The number of hydrogen-bond acceptors (Lipinski definition) is 3. The molecule has 0 fully saturated rings. The van der Waals surface area contributed by atoms with Crippen LogP contribution in [0.3, 0.4) is 0 Å². The zero-order chi connectivity index (χ0) is 18.4. The van der Waals surface area contributed by atoms with E-state index in [9.17, 15) is 17.6 Å². The third kappa shape index (κ3) is 5.03. The van der Waals surface area contributed by atoms with Crippen LogP contribution in [-0.2, 0) is 10.0 Å². The molecule has 0 aliphatic rings. The van der Waals surface area contributed by atoms with E-state index in [1.807, 2.05) is 13.8 Å². The first-order valence-electron chi connectivity index (χ1n) is 8.01. The smallest absolute Gasteiger partial charge is 0.261 e. The Labute approximate surface area is 147 Å². The number of sulfonamides is 1. The molecule has 0 saturated heterocycles. The van der Waals surface area contributed by atoms with E-state index in [4.69, 9.17) is 0 Å². The Morgan fingerprint density at radius 2 is 1.76 bits per heavy atom. The van der Waals surface area contributed by atoms with Gasteiger partial charge in [0.2, 0.25) is 0 Å². The number of carbonyl (C=O) groups excluding carboxylic acids is 1. The quantitative estimate of drug-likeness (QED) is 0.789. The summed E-state index contributed by atoms with van der Waals surface area (Å²) in [6.45, 7) is 3.92. The first kappa shape index (κ1) is 18.9. The number of nitrogens with one attached hydrogen (secondary N) is 2. The van der Waals surface area contributed by atoms with Crippen LogP contribution in [-0.4, -0.2) is 20.4 Å². The van der Waals surface area contributed by atoms with Crippen molar-refractivity contribution in [2.45, 2.75) is 37.6 Å². The summed E-state index contributed by atoms with van der Waals surface area (Å²) >= 11 is 0. The monoisotopic (exact) mass is 364 g/mol. The topological polar surface area (TPSA) is 75.3 Å². The van der Waals surface area contributed by atoms with Crippen molar-refractivity contribution >= 4 is 21.6 Å². The van der Waals surface area contributed by atoms with Crippen molar-refractivity contribution < 1.29 is 17.6 Å². The van der Waals surface area contributed by atoms with Crippen LogP contribution in [0.25, 0.3) is 0 Å². The van der Waals surface area contributed by atoms with Gasteiger partial charge in [0.15, 0.2) is 0 Å². The zero-order valence-electron chi connectivity index (χ0n) is 14.1. The average Bonchev–Trinajstić information content (AvgIpc) is 2.55. The van der Waals surface area contributed by atoms with Gasteiger partial charge in [-0.05, 0) is 49.7 Å². The molecule has 1 atom stereocenters. The molecule has 0 aliphatic heterocycles. The van der Waals surface area contributed by atoms with Gasteiger partial charge in [-0.1, -0.05) is 25.5 Å². The number of rotatable bonds is 7. The molecule has 0 radical (unpaired) electrons. The van der Waals surface area contributed by atoms with Crippen LogP contribution in [0.1, 0.15) is 37.0 Å². The molecule has 2 rings (SSSR count). The highest BCUT2D eigenvalue weighted by Gasteiger charge is 2.19. The van der Waals surface area contributed by atoms with Gasteiger partial charge in [-0.2, -0.15) is 0 Å². The van der Waals surface area contributed by atoms with Crippen LogP contribution in [0.2, 0.25) is 0 Å². The lowest BCUT2D eigenvalue weighted by molar-refractivity contribution is 0.0939. The molecule has 0 bridgehead atoms. The third-order valence-corrected chi connectivity index (χ3v) is 5.02. The fourth-order valence-corrected chi connectivity index (χ4v) is 3.47. The van der Waals surface area contributed by atoms with E-state index < -0.39 is 15.8 Å². The molecule has 2 aromatic carbocycles. The van der Waals surface area contributed by atoms with E-state index >= 15 is 0 Å². The highest BCUT2D eigenvalue weighted by atomic mass is 32.2. The predicted octanol–water partition coefficient (Wildman–Crippen LogP) is 3.54. The van der Waals surface area contributed by atoms with Crippen molar-refractivity contribution in [1.82, 2.24) is 5.32 Å². The van der Waals surface area contributed by atoms with E-state index in [2.05, 4.69) is 10.0 Å². The van der Waals surface area contributed by atoms with Crippen molar-refractivity contribution in [1.29, 1.82) is 0 Å². The Hall–Kier alpha value is -2.41. The van der Waals surface area contributed by atoms with Gasteiger partial charge >= 0.3 is 0 Å². The maximum absolute atomic E-state index is 13.0. The van der Waals surface area contributed by atoms with Crippen molar-refractivity contribution in [3.8, 4) is 0 Å². The van der Waals surface area contributed by atoms with Crippen molar-refractivity contribution in [3.05, 3.63) is 59.9 Å². The Bertz CT molecular complexity index is 836. The predicted molar refractivity (Wildman–Crippen MR) is 95.5 cm³/mol. The molecular weight excluding hydrogens is 343 g/mol. The van der Waals surface area contributed by atoms with Gasteiger partial charge in [-0.15, -0.1) is 0 Å². The van der Waals surface area contributed by atoms with Crippen molar-refractivity contribution in [3.63, 3.8) is 0 Å². The molecule has 0 heterocycles. The number of benzene rings is 2.